The lowest BCUT2D eigenvalue weighted by molar-refractivity contribution is -0.126. The molecule has 3 aromatic carbocycles. The van der Waals surface area contributed by atoms with Gasteiger partial charge in [0.05, 0.1) is 21.4 Å². The first-order valence-electron chi connectivity index (χ1n) is 12.0. The first-order valence-corrected chi connectivity index (χ1v) is 13.7. The lowest BCUT2D eigenvalue weighted by Gasteiger charge is -2.20. The predicted molar refractivity (Wildman–Crippen MR) is 151 cm³/mol. The average molecular weight is 578 g/mol. The van der Waals surface area contributed by atoms with Crippen molar-refractivity contribution in [1.82, 2.24) is 25.5 Å². The Labute approximate surface area is 236 Å². The van der Waals surface area contributed by atoms with E-state index in [9.17, 15) is 13.8 Å². The molecular formula is C26H24ClN9O3S. The third-order valence-electron chi connectivity index (χ3n) is 6.56. The first kappa shape index (κ1) is 27.0. The Hall–Kier alpha value is -4.62. The number of nitrogens with one attached hydrogen (secondary N) is 3. The molecule has 204 valence electrons. The fraction of sp³-hybridized carbons (Fsp3) is 0.154. The second-order valence-corrected chi connectivity index (χ2v) is 11.1. The van der Waals surface area contributed by atoms with Crippen molar-refractivity contribution in [2.75, 3.05) is 16.8 Å². The van der Waals surface area contributed by atoms with Gasteiger partial charge in [-0.3, -0.25) is 19.2 Å². The summed E-state index contributed by atoms with van der Waals surface area (Å²) in [4.78, 5) is 27.1. The summed E-state index contributed by atoms with van der Waals surface area (Å²) in [6.45, 7) is 0. The summed E-state index contributed by atoms with van der Waals surface area (Å²) >= 11 is 6.14. The number of rotatable bonds is 9. The quantitative estimate of drug-likeness (QED) is 0.113. The van der Waals surface area contributed by atoms with Gasteiger partial charge in [-0.15, -0.1) is 5.10 Å². The van der Waals surface area contributed by atoms with Crippen molar-refractivity contribution in [3.8, 4) is 5.69 Å². The number of benzene rings is 3. The average Bonchev–Trinajstić information content (AvgIpc) is 3.38. The molecule has 0 radical (unpaired) electrons. The molecule has 40 heavy (non-hydrogen) atoms. The normalized spacial score (nSPS) is 18.5. The van der Waals surface area contributed by atoms with Crippen LogP contribution in [0.2, 0.25) is 5.02 Å². The van der Waals surface area contributed by atoms with E-state index in [1.807, 2.05) is 30.3 Å². The first-order chi connectivity index (χ1) is 19.2. The van der Waals surface area contributed by atoms with E-state index in [-0.39, 0.29) is 22.3 Å². The highest BCUT2D eigenvalue weighted by Gasteiger charge is 2.61. The van der Waals surface area contributed by atoms with Crippen molar-refractivity contribution in [2.24, 2.45) is 5.73 Å². The van der Waals surface area contributed by atoms with Crippen LogP contribution < -0.4 is 22.1 Å². The van der Waals surface area contributed by atoms with Gasteiger partial charge in [-0.2, -0.15) is 4.68 Å². The minimum absolute atomic E-state index is 0.193. The van der Waals surface area contributed by atoms with Gasteiger partial charge in [0, 0.05) is 27.9 Å². The summed E-state index contributed by atoms with van der Waals surface area (Å²) in [7, 11) is -1.84. The number of hydrogen-bond donors (Lipinski definition) is 5. The van der Waals surface area contributed by atoms with Gasteiger partial charge in [0.15, 0.2) is 0 Å². The summed E-state index contributed by atoms with van der Waals surface area (Å²) in [6, 6.07) is 18.6. The lowest BCUT2D eigenvalue weighted by Crippen LogP contribution is -2.49. The van der Waals surface area contributed by atoms with Crippen molar-refractivity contribution in [1.29, 1.82) is 5.41 Å². The van der Waals surface area contributed by atoms with Crippen LogP contribution >= 0.6 is 11.6 Å². The molecule has 12 nitrogen and oxygen atoms in total. The highest BCUT2D eigenvalue weighted by atomic mass is 35.5. The molecule has 1 heterocycles. The molecule has 0 aliphatic heterocycles. The van der Waals surface area contributed by atoms with E-state index < -0.39 is 33.9 Å². The monoisotopic (exact) mass is 577 g/mol. The Kier molecular flexibility index (Phi) is 7.32. The fourth-order valence-corrected chi connectivity index (χ4v) is 5.89. The van der Waals surface area contributed by atoms with Gasteiger partial charge in [0.25, 0.3) is 5.91 Å². The van der Waals surface area contributed by atoms with Crippen LogP contribution in [0.5, 0.6) is 0 Å². The van der Waals surface area contributed by atoms with E-state index in [1.54, 1.807) is 18.2 Å². The minimum atomic E-state index is -1.84. The molecule has 1 aromatic heterocycles. The number of anilines is 2. The van der Waals surface area contributed by atoms with Gasteiger partial charge in [0.2, 0.25) is 5.91 Å². The topological polar surface area (TPSA) is 195 Å². The van der Waals surface area contributed by atoms with Crippen LogP contribution in [0.3, 0.4) is 0 Å². The van der Waals surface area contributed by atoms with Crippen molar-refractivity contribution < 1.29 is 13.8 Å². The zero-order valence-corrected chi connectivity index (χ0v) is 22.4. The van der Waals surface area contributed by atoms with E-state index in [0.717, 1.165) is 5.56 Å². The third-order valence-corrected chi connectivity index (χ3v) is 8.13. The molecule has 0 bridgehead atoms. The van der Waals surface area contributed by atoms with Crippen molar-refractivity contribution in [3.63, 3.8) is 0 Å². The van der Waals surface area contributed by atoms with Crippen molar-refractivity contribution in [3.05, 3.63) is 89.2 Å². The predicted octanol–water partition coefficient (Wildman–Crippen LogP) is 1.97. The summed E-state index contributed by atoms with van der Waals surface area (Å²) in [5.74, 6) is -1.95. The number of carbonyl (C=O) groups excluding carboxylic acids is 2. The molecule has 7 N–H and O–H groups in total. The molecule has 1 aliphatic rings. The molecule has 0 saturated heterocycles. The fourth-order valence-electron chi connectivity index (χ4n) is 4.54. The van der Waals surface area contributed by atoms with Gasteiger partial charge < -0.3 is 22.1 Å². The highest BCUT2D eigenvalue weighted by Crippen LogP contribution is 2.52. The minimum Gasteiger partial charge on any atom is -0.398 e. The molecule has 0 spiro atoms. The van der Waals surface area contributed by atoms with Crippen LogP contribution in [-0.4, -0.2) is 53.4 Å². The lowest BCUT2D eigenvalue weighted by atomic mass is 10.0. The molecule has 1 saturated carbocycles. The number of hydrogen-bond acceptors (Lipinski definition) is 8. The smallest absolute Gasteiger partial charge is 0.250 e. The Bertz CT molecular complexity index is 1630. The summed E-state index contributed by atoms with van der Waals surface area (Å²) < 4.78 is 14.7. The van der Waals surface area contributed by atoms with Crippen molar-refractivity contribution in [2.45, 2.75) is 22.8 Å². The van der Waals surface area contributed by atoms with Gasteiger partial charge >= 0.3 is 0 Å². The Morgan fingerprint density at radius 3 is 2.60 bits per heavy atom. The van der Waals surface area contributed by atoms with Crippen molar-refractivity contribution >= 4 is 51.4 Å². The number of nitrogens with zero attached hydrogens (tertiary/aromatic N) is 4. The van der Waals surface area contributed by atoms with Crippen LogP contribution in [-0.2, 0) is 20.4 Å². The van der Waals surface area contributed by atoms with E-state index in [2.05, 4.69) is 26.2 Å². The van der Waals surface area contributed by atoms with Crippen LogP contribution in [0.15, 0.2) is 78.0 Å². The largest absolute Gasteiger partial charge is 0.398 e. The zero-order chi connectivity index (χ0) is 28.4. The summed E-state index contributed by atoms with van der Waals surface area (Å²) in [5.41, 5.74) is 12.5. The van der Waals surface area contributed by atoms with E-state index in [1.165, 1.54) is 29.2 Å². The molecule has 4 aromatic rings. The molecule has 3 unspecified atom stereocenters. The second kappa shape index (κ2) is 10.9. The number of amidine groups is 1. The van der Waals surface area contributed by atoms with Crippen LogP contribution in [0.4, 0.5) is 11.4 Å². The number of amides is 2. The SMILES string of the molecule is N=C(N)c1ccc(NC(=O)C2(NC(=O)CS(=O)c3cc(Cl)ccc3-n3cnnn3)CC2c2ccccc2)cc1N. The van der Waals surface area contributed by atoms with Crippen LogP contribution in [0.1, 0.15) is 23.5 Å². The molecule has 5 rings (SSSR count). The third kappa shape index (κ3) is 5.42. The molecular weight excluding hydrogens is 554 g/mol. The number of aromatic nitrogens is 4. The number of halogens is 1. The highest BCUT2D eigenvalue weighted by molar-refractivity contribution is 7.86. The van der Waals surface area contributed by atoms with E-state index in [0.29, 0.717) is 28.4 Å². The molecule has 1 aliphatic carbocycles. The van der Waals surface area contributed by atoms with Crippen LogP contribution in [0, 0.1) is 5.41 Å². The number of carbonyl (C=O) groups is 2. The van der Waals surface area contributed by atoms with Gasteiger partial charge in [-0.1, -0.05) is 41.9 Å². The maximum absolute atomic E-state index is 13.6. The maximum atomic E-state index is 13.6. The molecule has 14 heteroatoms. The summed E-state index contributed by atoms with van der Waals surface area (Å²) in [5, 5.41) is 24.6. The Balaban J connectivity index is 1.38. The second-order valence-electron chi connectivity index (χ2n) is 9.21. The van der Waals surface area contributed by atoms with Gasteiger partial charge in [0.1, 0.15) is 23.5 Å². The van der Waals surface area contributed by atoms with Gasteiger partial charge in [-0.25, -0.2) is 0 Å². The standard InChI is InChI=1S/C26H24ClN9O3S/c27-16-6-9-21(36-14-31-34-35-36)22(10-16)40(39)13-23(37)33-26(12-19(26)15-4-2-1-3-5-15)25(38)32-17-7-8-18(24(29)30)20(28)11-17/h1-11,14,19H,12-13,28H2,(H3,29,30)(H,32,38)(H,33,37). The summed E-state index contributed by atoms with van der Waals surface area (Å²) in [6.07, 6.45) is 1.68. The molecule has 2 amide bonds. The number of tetrazole rings is 1. The number of nitrogen functional groups attached to an aromatic ring is 2. The van der Waals surface area contributed by atoms with Crippen LogP contribution in [0.25, 0.3) is 5.69 Å². The zero-order valence-electron chi connectivity index (χ0n) is 20.9. The Morgan fingerprint density at radius 1 is 1.15 bits per heavy atom. The van der Waals surface area contributed by atoms with E-state index in [4.69, 9.17) is 28.5 Å². The van der Waals surface area contributed by atoms with E-state index >= 15 is 0 Å². The molecule has 3 atom stereocenters. The molecule has 1 fully saturated rings. The Morgan fingerprint density at radius 2 is 1.93 bits per heavy atom. The van der Waals surface area contributed by atoms with Gasteiger partial charge in [-0.05, 0) is 58.8 Å². The number of nitrogens with two attached hydrogens (primary N) is 2. The maximum Gasteiger partial charge on any atom is 0.250 e.